The SMILES string of the molecule is C[C@@H]1CCCN(C(=O)c2c(-n3cccc3)sc3c2CCSC3)C1. The number of amides is 1. The van der Waals surface area contributed by atoms with Gasteiger partial charge in [-0.2, -0.15) is 11.8 Å². The average Bonchev–Trinajstić information content (AvgIpc) is 3.21. The predicted molar refractivity (Wildman–Crippen MR) is 97.8 cm³/mol. The van der Waals surface area contributed by atoms with Crippen molar-refractivity contribution in [3.8, 4) is 5.00 Å². The topological polar surface area (TPSA) is 25.2 Å². The summed E-state index contributed by atoms with van der Waals surface area (Å²) in [6.07, 6.45) is 7.52. The van der Waals surface area contributed by atoms with E-state index in [4.69, 9.17) is 0 Å². The lowest BCUT2D eigenvalue weighted by atomic mass is 9.98. The molecule has 23 heavy (non-hydrogen) atoms. The van der Waals surface area contributed by atoms with Gasteiger partial charge < -0.3 is 9.47 Å². The first-order valence-electron chi connectivity index (χ1n) is 8.39. The second kappa shape index (κ2) is 6.36. The first-order chi connectivity index (χ1) is 11.2. The van der Waals surface area contributed by atoms with E-state index in [0.29, 0.717) is 5.92 Å². The molecule has 0 bridgehead atoms. The Balaban J connectivity index is 1.76. The summed E-state index contributed by atoms with van der Waals surface area (Å²) in [6, 6.07) is 4.06. The first kappa shape index (κ1) is 15.3. The summed E-state index contributed by atoms with van der Waals surface area (Å²) < 4.78 is 2.12. The van der Waals surface area contributed by atoms with Crippen molar-refractivity contribution in [2.24, 2.45) is 5.92 Å². The maximum Gasteiger partial charge on any atom is 0.257 e. The van der Waals surface area contributed by atoms with Crippen molar-refractivity contribution in [1.29, 1.82) is 0 Å². The zero-order valence-corrected chi connectivity index (χ0v) is 15.1. The number of carbonyl (C=O) groups is 1. The Morgan fingerprint density at radius 3 is 2.91 bits per heavy atom. The molecule has 1 amide bonds. The van der Waals surface area contributed by atoms with E-state index < -0.39 is 0 Å². The molecule has 2 aromatic rings. The molecule has 0 saturated carbocycles. The largest absolute Gasteiger partial charge is 0.338 e. The maximum absolute atomic E-state index is 13.3. The minimum Gasteiger partial charge on any atom is -0.338 e. The summed E-state index contributed by atoms with van der Waals surface area (Å²) in [5.41, 5.74) is 2.30. The number of aromatic nitrogens is 1. The summed E-state index contributed by atoms with van der Waals surface area (Å²) in [7, 11) is 0. The van der Waals surface area contributed by atoms with Crippen molar-refractivity contribution >= 4 is 29.0 Å². The number of piperidine rings is 1. The minimum absolute atomic E-state index is 0.254. The molecule has 2 aliphatic heterocycles. The summed E-state index contributed by atoms with van der Waals surface area (Å²) in [5, 5.41) is 1.12. The van der Waals surface area contributed by atoms with Crippen LogP contribution in [0.25, 0.3) is 5.00 Å². The highest BCUT2D eigenvalue weighted by Gasteiger charge is 2.30. The fraction of sp³-hybridized carbons (Fsp3) is 0.500. The van der Waals surface area contributed by atoms with Crippen LogP contribution in [0, 0.1) is 5.92 Å². The molecule has 3 nitrogen and oxygen atoms in total. The van der Waals surface area contributed by atoms with Crippen molar-refractivity contribution in [2.75, 3.05) is 18.8 Å². The number of carbonyl (C=O) groups excluding carboxylic acids is 1. The molecule has 4 heterocycles. The molecule has 1 fully saturated rings. The van der Waals surface area contributed by atoms with Gasteiger partial charge in [0.2, 0.25) is 0 Å². The molecule has 0 radical (unpaired) electrons. The molecule has 0 unspecified atom stereocenters. The van der Waals surface area contributed by atoms with Crippen LogP contribution >= 0.6 is 23.1 Å². The molecule has 2 aromatic heterocycles. The third-order valence-corrected chi connectivity index (χ3v) is 7.21. The van der Waals surface area contributed by atoms with E-state index >= 15 is 0 Å². The standard InChI is InChI=1S/C18H22N2OS2/c1-13-5-4-9-20(11-13)17(21)16-14-6-10-22-12-15(14)23-18(16)19-7-2-3-8-19/h2-3,7-8,13H,4-6,9-12H2,1H3/t13-/m1/s1. The Hall–Kier alpha value is -1.20. The molecule has 0 aromatic carbocycles. The number of nitrogens with zero attached hydrogens (tertiary/aromatic N) is 2. The highest BCUT2D eigenvalue weighted by Crippen LogP contribution is 2.39. The predicted octanol–water partition coefficient (Wildman–Crippen LogP) is 4.20. The van der Waals surface area contributed by atoms with Gasteiger partial charge in [-0.05, 0) is 48.6 Å². The van der Waals surface area contributed by atoms with Gasteiger partial charge in [0.15, 0.2) is 0 Å². The lowest BCUT2D eigenvalue weighted by molar-refractivity contribution is 0.0682. The normalized spacial score (nSPS) is 21.3. The first-order valence-corrected chi connectivity index (χ1v) is 10.4. The Labute approximate surface area is 145 Å². The summed E-state index contributed by atoms with van der Waals surface area (Å²) in [5.74, 6) is 3.06. The van der Waals surface area contributed by atoms with Crippen LogP contribution in [0.1, 0.15) is 40.6 Å². The van der Waals surface area contributed by atoms with Gasteiger partial charge in [0.05, 0.1) is 5.56 Å². The van der Waals surface area contributed by atoms with Gasteiger partial charge in [0.1, 0.15) is 5.00 Å². The van der Waals surface area contributed by atoms with E-state index in [1.165, 1.54) is 16.9 Å². The average molecular weight is 347 g/mol. The molecule has 0 spiro atoms. The van der Waals surface area contributed by atoms with Crippen molar-refractivity contribution in [3.63, 3.8) is 0 Å². The number of rotatable bonds is 2. The van der Waals surface area contributed by atoms with Crippen LogP contribution in [0.15, 0.2) is 24.5 Å². The molecule has 0 N–H and O–H groups in total. The monoisotopic (exact) mass is 346 g/mol. The number of hydrogen-bond donors (Lipinski definition) is 0. The lowest BCUT2D eigenvalue weighted by Gasteiger charge is -2.31. The molecule has 5 heteroatoms. The van der Waals surface area contributed by atoms with Gasteiger partial charge in [0.25, 0.3) is 5.91 Å². The van der Waals surface area contributed by atoms with Crippen molar-refractivity contribution in [1.82, 2.24) is 9.47 Å². The van der Waals surface area contributed by atoms with Crippen molar-refractivity contribution in [3.05, 3.63) is 40.5 Å². The molecule has 2 aliphatic rings. The fourth-order valence-corrected chi connectivity index (χ4v) is 6.06. The highest BCUT2D eigenvalue weighted by atomic mass is 32.2. The second-order valence-corrected chi connectivity index (χ2v) is 8.76. The van der Waals surface area contributed by atoms with Crippen LogP contribution in [0.3, 0.4) is 0 Å². The summed E-state index contributed by atoms with van der Waals surface area (Å²) in [6.45, 7) is 4.07. The van der Waals surface area contributed by atoms with Crippen LogP contribution in [0.2, 0.25) is 0 Å². The molecular formula is C18H22N2OS2. The van der Waals surface area contributed by atoms with Crippen molar-refractivity contribution in [2.45, 2.75) is 31.9 Å². The Bertz CT molecular complexity index is 705. The Morgan fingerprint density at radius 2 is 2.13 bits per heavy atom. The quantitative estimate of drug-likeness (QED) is 0.814. The molecule has 122 valence electrons. The number of thiophene rings is 1. The van der Waals surface area contributed by atoms with E-state index in [0.717, 1.165) is 48.0 Å². The fourth-order valence-electron chi connectivity index (χ4n) is 3.62. The Morgan fingerprint density at radius 1 is 1.30 bits per heavy atom. The van der Waals surface area contributed by atoms with Gasteiger partial charge in [-0.25, -0.2) is 0 Å². The Kier molecular flexibility index (Phi) is 4.24. The molecule has 1 atom stereocenters. The van der Waals surface area contributed by atoms with Crippen LogP contribution in [-0.2, 0) is 12.2 Å². The van der Waals surface area contributed by atoms with E-state index in [9.17, 15) is 4.79 Å². The summed E-state index contributed by atoms with van der Waals surface area (Å²) in [4.78, 5) is 16.8. The van der Waals surface area contributed by atoms with E-state index in [-0.39, 0.29) is 5.91 Å². The van der Waals surface area contributed by atoms with Gasteiger partial charge in [0, 0.05) is 36.1 Å². The molecule has 0 aliphatic carbocycles. The van der Waals surface area contributed by atoms with Crippen LogP contribution in [-0.4, -0.2) is 34.2 Å². The number of thioether (sulfide) groups is 1. The third-order valence-electron chi connectivity index (χ3n) is 4.80. The summed E-state index contributed by atoms with van der Waals surface area (Å²) >= 11 is 3.79. The van der Waals surface area contributed by atoms with E-state index in [2.05, 4.69) is 28.8 Å². The molecule has 1 saturated heterocycles. The lowest BCUT2D eigenvalue weighted by Crippen LogP contribution is -2.39. The number of likely N-dealkylation sites (tertiary alicyclic amines) is 1. The molecular weight excluding hydrogens is 324 g/mol. The van der Waals surface area contributed by atoms with Crippen LogP contribution in [0.5, 0.6) is 0 Å². The number of fused-ring (bicyclic) bond motifs is 1. The van der Waals surface area contributed by atoms with Crippen LogP contribution < -0.4 is 0 Å². The van der Waals surface area contributed by atoms with E-state index in [1.807, 2.05) is 35.2 Å². The van der Waals surface area contributed by atoms with Gasteiger partial charge in [-0.3, -0.25) is 4.79 Å². The van der Waals surface area contributed by atoms with Crippen molar-refractivity contribution < 1.29 is 4.79 Å². The van der Waals surface area contributed by atoms with Gasteiger partial charge in [-0.15, -0.1) is 11.3 Å². The second-order valence-electron chi connectivity index (χ2n) is 6.58. The zero-order chi connectivity index (χ0) is 15.8. The number of hydrogen-bond acceptors (Lipinski definition) is 3. The van der Waals surface area contributed by atoms with Gasteiger partial charge in [-0.1, -0.05) is 6.92 Å². The minimum atomic E-state index is 0.254. The zero-order valence-electron chi connectivity index (χ0n) is 13.5. The van der Waals surface area contributed by atoms with E-state index in [1.54, 1.807) is 0 Å². The molecule has 4 rings (SSSR count). The smallest absolute Gasteiger partial charge is 0.257 e. The van der Waals surface area contributed by atoms with Crippen LogP contribution in [0.4, 0.5) is 0 Å². The highest BCUT2D eigenvalue weighted by molar-refractivity contribution is 7.98. The maximum atomic E-state index is 13.3. The third kappa shape index (κ3) is 2.85. The van der Waals surface area contributed by atoms with Gasteiger partial charge >= 0.3 is 0 Å².